The molecule has 2 unspecified atom stereocenters. The first kappa shape index (κ1) is 25.6. The van der Waals surface area contributed by atoms with Crippen LogP contribution in [0.3, 0.4) is 0 Å². The summed E-state index contributed by atoms with van der Waals surface area (Å²) in [5.74, 6) is 1.66. The van der Waals surface area contributed by atoms with Gasteiger partial charge in [-0.2, -0.15) is 0 Å². The van der Waals surface area contributed by atoms with Crippen molar-refractivity contribution < 1.29 is 14.3 Å². The molecule has 2 aliphatic rings. The van der Waals surface area contributed by atoms with Crippen molar-refractivity contribution in [1.29, 1.82) is 0 Å². The van der Waals surface area contributed by atoms with E-state index in [0.29, 0.717) is 43.3 Å². The molecule has 3 aromatic rings. The van der Waals surface area contributed by atoms with Crippen LogP contribution >= 0.6 is 11.3 Å². The number of piperidine rings is 1. The van der Waals surface area contributed by atoms with Crippen molar-refractivity contribution in [3.8, 4) is 0 Å². The smallest absolute Gasteiger partial charge is 0.410 e. The number of aryl methyl sites for hydroxylation is 1. The number of likely N-dealkylation sites (tertiary alicyclic amines) is 1. The Balaban J connectivity index is 1.22. The summed E-state index contributed by atoms with van der Waals surface area (Å²) in [4.78, 5) is 39.8. The molecule has 0 radical (unpaired) electrons. The van der Waals surface area contributed by atoms with Crippen LogP contribution in [0.4, 0.5) is 4.79 Å². The highest BCUT2D eigenvalue weighted by Crippen LogP contribution is 2.55. The number of carbonyl (C=O) groups is 2. The Labute approximate surface area is 222 Å². The van der Waals surface area contributed by atoms with Crippen molar-refractivity contribution in [3.05, 3.63) is 58.4 Å². The minimum atomic E-state index is -0.513. The fourth-order valence-electron chi connectivity index (χ4n) is 5.28. The van der Waals surface area contributed by atoms with E-state index in [1.165, 1.54) is 10.9 Å². The van der Waals surface area contributed by atoms with E-state index >= 15 is 0 Å². The van der Waals surface area contributed by atoms with E-state index in [1.54, 1.807) is 16.2 Å². The Morgan fingerprint density at radius 3 is 2.41 bits per heavy atom. The molecule has 5 rings (SSSR count). The van der Waals surface area contributed by atoms with E-state index in [9.17, 15) is 9.59 Å². The average molecular weight is 521 g/mol. The van der Waals surface area contributed by atoms with Gasteiger partial charge in [0, 0.05) is 42.5 Å². The summed E-state index contributed by atoms with van der Waals surface area (Å²) in [5.41, 5.74) is 2.27. The molecule has 1 aliphatic carbocycles. The standard InChI is InChI=1S/C29H36N4O3S/c1-18-30-24(21-11-16-37-25(21)31-18)23-17-22(23)19-7-9-20(10-8-19)26(34)32(6)29(5)12-14-33(15-13-29)27(35)36-28(2,3)4/h7-11,16,22-23H,12-15,17H2,1-6H3. The Morgan fingerprint density at radius 1 is 1.08 bits per heavy atom. The topological polar surface area (TPSA) is 75.6 Å². The van der Waals surface area contributed by atoms with Crippen molar-refractivity contribution >= 4 is 33.6 Å². The minimum Gasteiger partial charge on any atom is -0.444 e. The molecule has 0 spiro atoms. The molecule has 8 heteroatoms. The van der Waals surface area contributed by atoms with Gasteiger partial charge in [-0.05, 0) is 88.9 Å². The van der Waals surface area contributed by atoms with Gasteiger partial charge in [-0.15, -0.1) is 11.3 Å². The average Bonchev–Trinajstić information content (AvgIpc) is 3.51. The summed E-state index contributed by atoms with van der Waals surface area (Å²) >= 11 is 1.66. The fraction of sp³-hybridized carbons (Fsp3) is 0.517. The molecule has 0 bridgehead atoms. The third-order valence-corrected chi connectivity index (χ3v) is 8.61. The monoisotopic (exact) mass is 520 g/mol. The summed E-state index contributed by atoms with van der Waals surface area (Å²) in [6.07, 6.45) is 2.22. The molecular weight excluding hydrogens is 484 g/mol. The first-order valence-corrected chi connectivity index (χ1v) is 13.9. The molecular formula is C29H36N4O3S. The van der Waals surface area contributed by atoms with Crippen molar-refractivity contribution in [3.63, 3.8) is 0 Å². The molecule has 2 atom stereocenters. The lowest BCUT2D eigenvalue weighted by Gasteiger charge is -2.45. The SMILES string of the molecule is Cc1nc(C2CC2c2ccc(C(=O)N(C)C3(C)CCN(C(=O)OC(C)(C)C)CC3)cc2)c2ccsc2n1. The predicted molar refractivity (Wildman–Crippen MR) is 146 cm³/mol. The lowest BCUT2D eigenvalue weighted by Crippen LogP contribution is -2.55. The first-order valence-electron chi connectivity index (χ1n) is 13.0. The maximum Gasteiger partial charge on any atom is 0.410 e. The van der Waals surface area contributed by atoms with Crippen LogP contribution in [0.25, 0.3) is 10.2 Å². The normalized spacial score (nSPS) is 21.1. The molecule has 7 nitrogen and oxygen atoms in total. The number of hydrogen-bond acceptors (Lipinski definition) is 6. The molecule has 2 fully saturated rings. The van der Waals surface area contributed by atoms with Crippen molar-refractivity contribution in [1.82, 2.24) is 19.8 Å². The zero-order valence-corrected chi connectivity index (χ0v) is 23.4. The third kappa shape index (κ3) is 5.21. The number of fused-ring (bicyclic) bond motifs is 1. The number of nitrogens with zero attached hydrogens (tertiary/aromatic N) is 4. The summed E-state index contributed by atoms with van der Waals surface area (Å²) in [6.45, 7) is 10.8. The molecule has 196 valence electrons. The van der Waals surface area contributed by atoms with E-state index in [2.05, 4.69) is 35.5 Å². The number of benzene rings is 1. The highest BCUT2D eigenvalue weighted by Gasteiger charge is 2.42. The maximum atomic E-state index is 13.4. The van der Waals surface area contributed by atoms with Gasteiger partial charge in [-0.1, -0.05) is 12.1 Å². The number of aromatic nitrogens is 2. The molecule has 37 heavy (non-hydrogen) atoms. The van der Waals surface area contributed by atoms with Gasteiger partial charge >= 0.3 is 6.09 Å². The van der Waals surface area contributed by atoms with Crippen LogP contribution in [0.5, 0.6) is 0 Å². The Bertz CT molecular complexity index is 1320. The van der Waals surface area contributed by atoms with E-state index in [-0.39, 0.29) is 17.5 Å². The van der Waals surface area contributed by atoms with Crippen LogP contribution in [-0.4, -0.2) is 63.0 Å². The van der Waals surface area contributed by atoms with Crippen LogP contribution in [-0.2, 0) is 4.74 Å². The molecule has 2 amide bonds. The van der Waals surface area contributed by atoms with E-state index in [4.69, 9.17) is 9.72 Å². The van der Waals surface area contributed by atoms with E-state index in [0.717, 1.165) is 22.8 Å². The molecule has 2 aromatic heterocycles. The first-order chi connectivity index (χ1) is 17.4. The molecule has 1 aromatic carbocycles. The molecule has 1 saturated carbocycles. The van der Waals surface area contributed by atoms with Crippen LogP contribution in [0.15, 0.2) is 35.7 Å². The van der Waals surface area contributed by atoms with Crippen molar-refractivity contribution in [2.24, 2.45) is 0 Å². The molecule has 3 heterocycles. The Morgan fingerprint density at radius 2 is 1.76 bits per heavy atom. The van der Waals surface area contributed by atoms with Gasteiger partial charge in [-0.3, -0.25) is 4.79 Å². The molecule has 0 N–H and O–H groups in total. The number of carbonyl (C=O) groups excluding carboxylic acids is 2. The van der Waals surface area contributed by atoms with Gasteiger partial charge in [0.2, 0.25) is 0 Å². The quantitative estimate of drug-likeness (QED) is 0.413. The largest absolute Gasteiger partial charge is 0.444 e. The van der Waals surface area contributed by atoms with Crippen LogP contribution in [0, 0.1) is 6.92 Å². The Kier molecular flexibility index (Phi) is 6.51. The molecule has 1 aliphatic heterocycles. The van der Waals surface area contributed by atoms with E-state index in [1.807, 2.05) is 51.8 Å². The zero-order valence-electron chi connectivity index (χ0n) is 22.6. The summed E-state index contributed by atoms with van der Waals surface area (Å²) in [5, 5.41) is 3.25. The fourth-order valence-corrected chi connectivity index (χ4v) is 6.10. The number of rotatable bonds is 4. The lowest BCUT2D eigenvalue weighted by atomic mass is 9.87. The van der Waals surface area contributed by atoms with Crippen LogP contribution in [0.2, 0.25) is 0 Å². The lowest BCUT2D eigenvalue weighted by molar-refractivity contribution is 0.00474. The van der Waals surface area contributed by atoms with Crippen molar-refractivity contribution in [2.45, 2.75) is 76.9 Å². The highest BCUT2D eigenvalue weighted by atomic mass is 32.1. The van der Waals surface area contributed by atoms with Crippen LogP contribution in [0.1, 0.15) is 86.2 Å². The van der Waals surface area contributed by atoms with Gasteiger partial charge in [0.1, 0.15) is 16.3 Å². The number of amides is 2. The van der Waals surface area contributed by atoms with Gasteiger partial charge in [0.25, 0.3) is 5.91 Å². The third-order valence-electron chi connectivity index (χ3n) is 7.80. The van der Waals surface area contributed by atoms with Gasteiger partial charge in [0.15, 0.2) is 0 Å². The minimum absolute atomic E-state index is 0.0125. The van der Waals surface area contributed by atoms with Gasteiger partial charge in [0.05, 0.1) is 5.69 Å². The second kappa shape index (κ2) is 9.39. The summed E-state index contributed by atoms with van der Waals surface area (Å²) in [6, 6.07) is 10.2. The second-order valence-electron chi connectivity index (χ2n) is 11.7. The predicted octanol–water partition coefficient (Wildman–Crippen LogP) is 6.13. The summed E-state index contributed by atoms with van der Waals surface area (Å²) < 4.78 is 5.52. The highest BCUT2D eigenvalue weighted by molar-refractivity contribution is 7.16. The number of hydrogen-bond donors (Lipinski definition) is 0. The number of ether oxygens (including phenoxy) is 1. The van der Waals surface area contributed by atoms with Crippen molar-refractivity contribution in [2.75, 3.05) is 20.1 Å². The molecule has 1 saturated heterocycles. The second-order valence-corrected chi connectivity index (χ2v) is 12.6. The maximum absolute atomic E-state index is 13.4. The summed E-state index contributed by atoms with van der Waals surface area (Å²) in [7, 11) is 1.87. The van der Waals surface area contributed by atoms with Gasteiger partial charge < -0.3 is 14.5 Å². The Hall–Kier alpha value is -3.00. The van der Waals surface area contributed by atoms with Crippen LogP contribution < -0.4 is 0 Å². The van der Waals surface area contributed by atoms with Gasteiger partial charge in [-0.25, -0.2) is 14.8 Å². The van der Waals surface area contributed by atoms with E-state index < -0.39 is 5.60 Å². The number of thiophene rings is 1. The zero-order chi connectivity index (χ0) is 26.5.